The number of hydrogen-bond acceptors (Lipinski definition) is 3. The van der Waals surface area contributed by atoms with E-state index >= 15 is 0 Å². The minimum atomic E-state index is -0.235. The summed E-state index contributed by atoms with van der Waals surface area (Å²) in [6.45, 7) is 0.270. The van der Waals surface area contributed by atoms with Gasteiger partial charge in [0.15, 0.2) is 0 Å². The zero-order chi connectivity index (χ0) is 15.0. The highest BCUT2D eigenvalue weighted by atomic mass is 127. The molecule has 2 aromatic rings. The zero-order valence-corrected chi connectivity index (χ0v) is 13.5. The first-order valence-electron chi connectivity index (χ1n) is 6.39. The van der Waals surface area contributed by atoms with Gasteiger partial charge in [-0.3, -0.25) is 14.5 Å². The van der Waals surface area contributed by atoms with Crippen molar-refractivity contribution in [3.63, 3.8) is 0 Å². The molecule has 0 bridgehead atoms. The molecule has 1 aliphatic heterocycles. The Balaban J connectivity index is 1.88. The maximum Gasteiger partial charge on any atom is 0.261 e. The van der Waals surface area contributed by atoms with Gasteiger partial charge in [0.2, 0.25) is 0 Å². The highest BCUT2D eigenvalue weighted by Gasteiger charge is 2.34. The maximum absolute atomic E-state index is 12.3. The molecular formula is C16H12INO3. The van der Waals surface area contributed by atoms with E-state index in [-0.39, 0.29) is 18.4 Å². The summed E-state index contributed by atoms with van der Waals surface area (Å²) in [5.41, 5.74) is 1.85. The zero-order valence-electron chi connectivity index (χ0n) is 11.3. The molecule has 3 rings (SSSR count). The van der Waals surface area contributed by atoms with E-state index in [1.807, 2.05) is 18.2 Å². The first-order valence-corrected chi connectivity index (χ1v) is 7.47. The monoisotopic (exact) mass is 393 g/mol. The van der Waals surface area contributed by atoms with Gasteiger partial charge in [-0.15, -0.1) is 0 Å². The van der Waals surface area contributed by atoms with Crippen LogP contribution in [-0.2, 0) is 6.54 Å². The van der Waals surface area contributed by atoms with Crippen molar-refractivity contribution in [3.8, 4) is 5.75 Å². The van der Waals surface area contributed by atoms with Gasteiger partial charge in [-0.1, -0.05) is 18.2 Å². The van der Waals surface area contributed by atoms with Crippen molar-refractivity contribution in [2.75, 3.05) is 7.11 Å². The third kappa shape index (κ3) is 2.42. The van der Waals surface area contributed by atoms with Gasteiger partial charge in [0, 0.05) is 0 Å². The van der Waals surface area contributed by atoms with Crippen LogP contribution in [0.1, 0.15) is 26.3 Å². The fraction of sp³-hybridized carbons (Fsp3) is 0.125. The highest BCUT2D eigenvalue weighted by Crippen LogP contribution is 2.26. The molecule has 0 fully saturated rings. The van der Waals surface area contributed by atoms with E-state index in [0.29, 0.717) is 11.1 Å². The number of halogens is 1. The summed E-state index contributed by atoms with van der Waals surface area (Å²) in [7, 11) is 1.61. The predicted molar refractivity (Wildman–Crippen MR) is 86.4 cm³/mol. The molecule has 0 N–H and O–H groups in total. The Labute approximate surface area is 135 Å². The van der Waals surface area contributed by atoms with Crippen LogP contribution < -0.4 is 4.74 Å². The predicted octanol–water partition coefficient (Wildman–Crippen LogP) is 3.10. The van der Waals surface area contributed by atoms with Gasteiger partial charge >= 0.3 is 0 Å². The summed E-state index contributed by atoms with van der Waals surface area (Å²) in [6.07, 6.45) is 0. The van der Waals surface area contributed by atoms with E-state index < -0.39 is 0 Å². The number of amides is 2. The summed E-state index contributed by atoms with van der Waals surface area (Å²) in [4.78, 5) is 25.9. The van der Waals surface area contributed by atoms with Gasteiger partial charge in [0.05, 0.1) is 28.4 Å². The number of benzene rings is 2. The first-order chi connectivity index (χ1) is 10.1. The highest BCUT2D eigenvalue weighted by molar-refractivity contribution is 14.1. The molecule has 0 atom stereocenters. The molecule has 1 heterocycles. The van der Waals surface area contributed by atoms with Gasteiger partial charge in [-0.2, -0.15) is 0 Å². The Morgan fingerprint density at radius 3 is 2.19 bits per heavy atom. The molecule has 2 amide bonds. The van der Waals surface area contributed by atoms with Crippen LogP contribution in [0, 0.1) is 3.57 Å². The van der Waals surface area contributed by atoms with E-state index in [2.05, 4.69) is 22.6 Å². The van der Waals surface area contributed by atoms with Crippen LogP contribution in [-0.4, -0.2) is 23.8 Å². The number of carbonyl (C=O) groups is 2. The smallest absolute Gasteiger partial charge is 0.261 e. The maximum atomic E-state index is 12.3. The Bertz CT molecular complexity index is 707. The van der Waals surface area contributed by atoms with Crippen molar-refractivity contribution in [3.05, 3.63) is 62.7 Å². The molecule has 0 aromatic heterocycles. The Kier molecular flexibility index (Phi) is 3.67. The quantitative estimate of drug-likeness (QED) is 0.595. The molecule has 0 saturated carbocycles. The summed E-state index contributed by atoms with van der Waals surface area (Å²) in [5.74, 6) is 0.310. The van der Waals surface area contributed by atoms with Crippen molar-refractivity contribution < 1.29 is 14.3 Å². The number of fused-ring (bicyclic) bond motifs is 1. The molecule has 5 heteroatoms. The van der Waals surface area contributed by atoms with E-state index in [0.717, 1.165) is 14.9 Å². The lowest BCUT2D eigenvalue weighted by Crippen LogP contribution is -2.29. The average Bonchev–Trinajstić information content (AvgIpc) is 2.73. The summed E-state index contributed by atoms with van der Waals surface area (Å²) < 4.78 is 6.16. The second kappa shape index (κ2) is 5.48. The van der Waals surface area contributed by atoms with Crippen LogP contribution in [0.4, 0.5) is 0 Å². The molecular weight excluding hydrogens is 381 g/mol. The van der Waals surface area contributed by atoms with Gasteiger partial charge in [0.25, 0.3) is 11.8 Å². The molecule has 0 saturated heterocycles. The van der Waals surface area contributed by atoms with Crippen molar-refractivity contribution in [2.45, 2.75) is 6.54 Å². The van der Waals surface area contributed by atoms with Crippen molar-refractivity contribution in [2.24, 2.45) is 0 Å². The van der Waals surface area contributed by atoms with Crippen LogP contribution >= 0.6 is 22.6 Å². The van der Waals surface area contributed by atoms with Gasteiger partial charge in [-0.25, -0.2) is 0 Å². The van der Waals surface area contributed by atoms with E-state index in [1.165, 1.54) is 4.90 Å². The number of methoxy groups -OCH3 is 1. The van der Waals surface area contributed by atoms with Crippen LogP contribution in [0.5, 0.6) is 5.75 Å². The minimum Gasteiger partial charge on any atom is -0.496 e. The van der Waals surface area contributed by atoms with Crippen molar-refractivity contribution in [1.29, 1.82) is 0 Å². The summed E-state index contributed by atoms with van der Waals surface area (Å²) in [5, 5.41) is 0. The number of hydrogen-bond donors (Lipinski definition) is 0. The Morgan fingerprint density at radius 1 is 1.05 bits per heavy atom. The molecule has 21 heavy (non-hydrogen) atoms. The minimum absolute atomic E-state index is 0.235. The van der Waals surface area contributed by atoms with Gasteiger partial charge in [-0.05, 0) is 52.4 Å². The molecule has 0 radical (unpaired) electrons. The number of nitrogens with zero attached hydrogens (tertiary/aromatic N) is 1. The number of ether oxygens (including phenoxy) is 1. The lowest BCUT2D eigenvalue weighted by molar-refractivity contribution is 0.0642. The third-order valence-electron chi connectivity index (χ3n) is 3.44. The normalized spacial score (nSPS) is 13.5. The first kappa shape index (κ1) is 14.1. The fourth-order valence-corrected chi connectivity index (χ4v) is 3.17. The Morgan fingerprint density at radius 2 is 1.67 bits per heavy atom. The summed E-state index contributed by atoms with van der Waals surface area (Å²) >= 11 is 2.17. The van der Waals surface area contributed by atoms with E-state index in [9.17, 15) is 9.59 Å². The molecule has 0 unspecified atom stereocenters. The topological polar surface area (TPSA) is 46.6 Å². The van der Waals surface area contributed by atoms with Crippen molar-refractivity contribution >= 4 is 34.4 Å². The lowest BCUT2D eigenvalue weighted by Gasteiger charge is -2.14. The van der Waals surface area contributed by atoms with Crippen molar-refractivity contribution in [1.82, 2.24) is 4.90 Å². The van der Waals surface area contributed by atoms with Gasteiger partial charge in [0.1, 0.15) is 5.75 Å². The average molecular weight is 393 g/mol. The largest absolute Gasteiger partial charge is 0.496 e. The molecule has 2 aromatic carbocycles. The molecule has 0 spiro atoms. The molecule has 1 aliphatic rings. The van der Waals surface area contributed by atoms with Crippen LogP contribution in [0.2, 0.25) is 0 Å². The van der Waals surface area contributed by atoms with E-state index in [4.69, 9.17) is 4.74 Å². The number of carbonyl (C=O) groups excluding carboxylic acids is 2. The SMILES string of the molecule is COc1ccc(CN2C(=O)c3ccccc3C2=O)cc1I. The summed E-state index contributed by atoms with van der Waals surface area (Å²) in [6, 6.07) is 12.5. The Hall–Kier alpha value is -1.89. The molecule has 0 aliphatic carbocycles. The molecule has 106 valence electrons. The van der Waals surface area contributed by atoms with Crippen LogP contribution in [0.15, 0.2) is 42.5 Å². The van der Waals surface area contributed by atoms with Gasteiger partial charge < -0.3 is 4.74 Å². The molecule has 4 nitrogen and oxygen atoms in total. The second-order valence-electron chi connectivity index (χ2n) is 4.71. The lowest BCUT2D eigenvalue weighted by atomic mass is 10.1. The van der Waals surface area contributed by atoms with E-state index in [1.54, 1.807) is 31.4 Å². The fourth-order valence-electron chi connectivity index (χ4n) is 2.37. The number of rotatable bonds is 3. The number of imide groups is 1. The van der Waals surface area contributed by atoms with Crippen LogP contribution in [0.25, 0.3) is 0 Å². The third-order valence-corrected chi connectivity index (χ3v) is 4.28. The standard InChI is InChI=1S/C16H12INO3/c1-21-14-7-6-10(8-13(14)17)9-18-15(19)11-4-2-3-5-12(11)16(18)20/h2-8H,9H2,1H3. The van der Waals surface area contributed by atoms with Crippen LogP contribution in [0.3, 0.4) is 0 Å². The second-order valence-corrected chi connectivity index (χ2v) is 5.87.